The van der Waals surface area contributed by atoms with E-state index < -0.39 is 0 Å². The monoisotopic (exact) mass is 364 g/mol. The van der Waals surface area contributed by atoms with Gasteiger partial charge in [-0.15, -0.1) is 0 Å². The molecule has 1 aliphatic heterocycles. The van der Waals surface area contributed by atoms with Gasteiger partial charge in [-0.3, -0.25) is 4.79 Å². The van der Waals surface area contributed by atoms with E-state index in [4.69, 9.17) is 4.98 Å². The summed E-state index contributed by atoms with van der Waals surface area (Å²) in [5, 5.41) is 3.30. The van der Waals surface area contributed by atoms with E-state index >= 15 is 0 Å². The van der Waals surface area contributed by atoms with Crippen LogP contribution in [0.5, 0.6) is 0 Å². The Morgan fingerprint density at radius 3 is 2.81 bits per heavy atom. The Kier molecular flexibility index (Phi) is 5.37. The molecule has 1 saturated heterocycles. The van der Waals surface area contributed by atoms with E-state index in [0.29, 0.717) is 17.8 Å². The minimum atomic E-state index is 0.257. The quantitative estimate of drug-likeness (QED) is 0.872. The van der Waals surface area contributed by atoms with Crippen LogP contribution >= 0.6 is 0 Å². The third kappa shape index (κ3) is 4.29. The van der Waals surface area contributed by atoms with Crippen molar-refractivity contribution in [2.24, 2.45) is 5.92 Å². The zero-order chi connectivity index (χ0) is 18.6. The van der Waals surface area contributed by atoms with Gasteiger partial charge in [-0.1, -0.05) is 25.0 Å². The summed E-state index contributed by atoms with van der Waals surface area (Å²) in [5.74, 6) is 1.54. The van der Waals surface area contributed by atoms with Gasteiger partial charge in [0, 0.05) is 36.8 Å². The van der Waals surface area contributed by atoms with Gasteiger partial charge in [0.25, 0.3) is 0 Å². The summed E-state index contributed by atoms with van der Waals surface area (Å²) in [7, 11) is 0. The highest BCUT2D eigenvalue weighted by Gasteiger charge is 2.31. The topological polar surface area (TPSA) is 58.1 Å². The summed E-state index contributed by atoms with van der Waals surface area (Å²) in [6.45, 7) is 3.75. The molecule has 1 aromatic heterocycles. The SMILES string of the molecule is Cc1cccc(Nc2nccc(C3CCCN(C(=O)C4CCCC4)C3)n2)c1. The van der Waals surface area contributed by atoms with E-state index in [2.05, 4.69) is 34.3 Å². The largest absolute Gasteiger partial charge is 0.342 e. The fraction of sp³-hybridized carbons (Fsp3) is 0.500. The maximum absolute atomic E-state index is 12.8. The van der Waals surface area contributed by atoms with E-state index in [1.165, 1.54) is 18.4 Å². The van der Waals surface area contributed by atoms with Crippen molar-refractivity contribution in [1.82, 2.24) is 14.9 Å². The highest BCUT2D eigenvalue weighted by Crippen LogP contribution is 2.31. The number of likely N-dealkylation sites (tertiary alicyclic amines) is 1. The highest BCUT2D eigenvalue weighted by molar-refractivity contribution is 5.79. The first-order valence-corrected chi connectivity index (χ1v) is 10.1. The zero-order valence-corrected chi connectivity index (χ0v) is 16.0. The Balaban J connectivity index is 1.45. The molecule has 1 N–H and O–H groups in total. The maximum Gasteiger partial charge on any atom is 0.227 e. The number of carbonyl (C=O) groups is 1. The molecule has 1 saturated carbocycles. The smallest absolute Gasteiger partial charge is 0.227 e. The average molecular weight is 364 g/mol. The van der Waals surface area contributed by atoms with E-state index in [9.17, 15) is 4.79 Å². The van der Waals surface area contributed by atoms with Crippen LogP contribution in [-0.2, 0) is 4.79 Å². The van der Waals surface area contributed by atoms with Gasteiger partial charge in [0.1, 0.15) is 0 Å². The summed E-state index contributed by atoms with van der Waals surface area (Å²) in [4.78, 5) is 24.0. The van der Waals surface area contributed by atoms with Crippen LogP contribution in [0.15, 0.2) is 36.5 Å². The molecule has 1 aliphatic carbocycles. The molecule has 5 nitrogen and oxygen atoms in total. The molecule has 2 fully saturated rings. The van der Waals surface area contributed by atoms with Gasteiger partial charge in [0.2, 0.25) is 11.9 Å². The van der Waals surface area contributed by atoms with Gasteiger partial charge in [-0.25, -0.2) is 9.97 Å². The number of benzene rings is 1. The highest BCUT2D eigenvalue weighted by atomic mass is 16.2. The second kappa shape index (κ2) is 8.07. The number of nitrogens with zero attached hydrogens (tertiary/aromatic N) is 3. The van der Waals surface area contributed by atoms with Crippen molar-refractivity contribution in [2.45, 2.75) is 51.4 Å². The van der Waals surface area contributed by atoms with Crippen molar-refractivity contribution >= 4 is 17.5 Å². The van der Waals surface area contributed by atoms with Crippen LogP contribution in [0, 0.1) is 12.8 Å². The van der Waals surface area contributed by atoms with Crippen LogP contribution in [0.4, 0.5) is 11.6 Å². The second-order valence-corrected chi connectivity index (χ2v) is 7.90. The van der Waals surface area contributed by atoms with E-state index in [0.717, 1.165) is 50.2 Å². The standard InChI is InChI=1S/C22H28N4O/c1-16-6-4-10-19(14-16)24-22-23-12-11-20(25-22)18-9-5-13-26(15-18)21(27)17-7-2-3-8-17/h4,6,10-12,14,17-18H,2-3,5,7-9,13,15H2,1H3,(H,23,24,25). The summed E-state index contributed by atoms with van der Waals surface area (Å²) in [5.41, 5.74) is 3.22. The first-order chi connectivity index (χ1) is 13.2. The molecule has 5 heteroatoms. The van der Waals surface area contributed by atoms with Gasteiger partial charge < -0.3 is 10.2 Å². The van der Waals surface area contributed by atoms with Gasteiger partial charge >= 0.3 is 0 Å². The Labute approximate surface area is 161 Å². The lowest BCUT2D eigenvalue weighted by atomic mass is 9.93. The zero-order valence-electron chi connectivity index (χ0n) is 16.0. The third-order valence-electron chi connectivity index (χ3n) is 5.81. The van der Waals surface area contributed by atoms with Crippen LogP contribution in [0.25, 0.3) is 0 Å². The molecule has 27 heavy (non-hydrogen) atoms. The molecule has 0 bridgehead atoms. The molecule has 0 radical (unpaired) electrons. The molecule has 4 rings (SSSR count). The van der Waals surface area contributed by atoms with Crippen molar-refractivity contribution in [3.05, 3.63) is 47.8 Å². The minimum absolute atomic E-state index is 0.257. The van der Waals surface area contributed by atoms with Gasteiger partial charge in [-0.2, -0.15) is 0 Å². The van der Waals surface area contributed by atoms with Crippen LogP contribution in [0.2, 0.25) is 0 Å². The van der Waals surface area contributed by atoms with Crippen molar-refractivity contribution in [1.29, 1.82) is 0 Å². The number of aryl methyl sites for hydroxylation is 1. The van der Waals surface area contributed by atoms with Crippen molar-refractivity contribution in [2.75, 3.05) is 18.4 Å². The van der Waals surface area contributed by atoms with Crippen LogP contribution in [-0.4, -0.2) is 33.9 Å². The van der Waals surface area contributed by atoms with Gasteiger partial charge in [0.05, 0.1) is 5.69 Å². The molecule has 2 aromatic rings. The number of hydrogen-bond acceptors (Lipinski definition) is 4. The summed E-state index contributed by atoms with van der Waals surface area (Å²) < 4.78 is 0. The Morgan fingerprint density at radius 2 is 2.00 bits per heavy atom. The van der Waals surface area contributed by atoms with Crippen LogP contribution in [0.3, 0.4) is 0 Å². The number of nitrogens with one attached hydrogen (secondary N) is 1. The number of hydrogen-bond donors (Lipinski definition) is 1. The molecular weight excluding hydrogens is 336 g/mol. The number of rotatable bonds is 4. The molecule has 142 valence electrons. The lowest BCUT2D eigenvalue weighted by Crippen LogP contribution is -2.42. The fourth-order valence-electron chi connectivity index (χ4n) is 4.36. The molecule has 2 heterocycles. The van der Waals surface area contributed by atoms with Crippen molar-refractivity contribution in [3.8, 4) is 0 Å². The van der Waals surface area contributed by atoms with Crippen LogP contribution in [0.1, 0.15) is 55.7 Å². The number of amides is 1. The number of piperidine rings is 1. The Bertz CT molecular complexity index is 800. The molecule has 2 aliphatic rings. The molecule has 1 aromatic carbocycles. The first kappa shape index (κ1) is 18.0. The second-order valence-electron chi connectivity index (χ2n) is 7.90. The Hall–Kier alpha value is -2.43. The van der Waals surface area contributed by atoms with Crippen molar-refractivity contribution < 1.29 is 4.79 Å². The van der Waals surface area contributed by atoms with E-state index in [1.807, 2.05) is 24.4 Å². The number of aromatic nitrogens is 2. The first-order valence-electron chi connectivity index (χ1n) is 10.1. The molecule has 1 amide bonds. The molecule has 1 unspecified atom stereocenters. The third-order valence-corrected chi connectivity index (χ3v) is 5.81. The van der Waals surface area contributed by atoms with Gasteiger partial charge in [-0.05, 0) is 56.4 Å². The normalized spacial score (nSPS) is 20.6. The van der Waals surface area contributed by atoms with E-state index in [1.54, 1.807) is 0 Å². The van der Waals surface area contributed by atoms with Crippen molar-refractivity contribution in [3.63, 3.8) is 0 Å². The predicted molar refractivity (Wildman–Crippen MR) is 107 cm³/mol. The summed E-state index contributed by atoms with van der Waals surface area (Å²) >= 11 is 0. The fourth-order valence-corrected chi connectivity index (χ4v) is 4.36. The lowest BCUT2D eigenvalue weighted by molar-refractivity contribution is -0.136. The van der Waals surface area contributed by atoms with Crippen LogP contribution < -0.4 is 5.32 Å². The molecule has 1 atom stereocenters. The summed E-state index contributed by atoms with van der Waals surface area (Å²) in [6.07, 6.45) is 8.48. The predicted octanol–water partition coefficient (Wildman–Crippen LogP) is 4.42. The number of carbonyl (C=O) groups excluding carboxylic acids is 1. The molecular formula is C22H28N4O. The Morgan fingerprint density at radius 1 is 1.15 bits per heavy atom. The number of anilines is 2. The maximum atomic E-state index is 12.8. The molecule has 0 spiro atoms. The lowest BCUT2D eigenvalue weighted by Gasteiger charge is -2.34. The minimum Gasteiger partial charge on any atom is -0.342 e. The summed E-state index contributed by atoms with van der Waals surface area (Å²) in [6, 6.07) is 10.2. The average Bonchev–Trinajstić information content (AvgIpc) is 3.23. The van der Waals surface area contributed by atoms with E-state index in [-0.39, 0.29) is 5.92 Å². The van der Waals surface area contributed by atoms with Gasteiger partial charge in [0.15, 0.2) is 0 Å².